The number of halogens is 3. The molecule has 4 aliphatic rings. The highest BCUT2D eigenvalue weighted by atomic mass is 32.2. The van der Waals surface area contributed by atoms with Crippen LogP contribution in [-0.2, 0) is 25.8 Å². The predicted molar refractivity (Wildman–Crippen MR) is 176 cm³/mol. The summed E-state index contributed by atoms with van der Waals surface area (Å²) in [7, 11) is -3.90. The van der Waals surface area contributed by atoms with Crippen LogP contribution in [0, 0.1) is 35.5 Å². The molecule has 0 aliphatic heterocycles. The molecule has 7 rings (SSSR count). The number of primary sulfonamides is 1. The molecule has 48 heavy (non-hydrogen) atoms. The number of hydrogen-bond acceptors (Lipinski definition) is 5. The molecule has 4 aliphatic carbocycles. The van der Waals surface area contributed by atoms with Crippen LogP contribution < -0.4 is 5.14 Å². The average Bonchev–Trinajstić information content (AvgIpc) is 3.60. The van der Waals surface area contributed by atoms with Gasteiger partial charge in [0.1, 0.15) is 5.78 Å². The molecular weight excluding hydrogens is 639 g/mol. The molecule has 0 unspecified atom stereocenters. The number of alkyl halides is 3. The Morgan fingerprint density at radius 1 is 1.00 bits per heavy atom. The zero-order valence-corrected chi connectivity index (χ0v) is 27.9. The Kier molecular flexibility index (Phi) is 8.31. The van der Waals surface area contributed by atoms with E-state index in [0.717, 1.165) is 59.6 Å². The van der Waals surface area contributed by atoms with Gasteiger partial charge >= 0.3 is 6.18 Å². The van der Waals surface area contributed by atoms with Gasteiger partial charge in [-0.3, -0.25) is 9.59 Å². The van der Waals surface area contributed by atoms with Gasteiger partial charge in [-0.05, 0) is 98.4 Å². The Morgan fingerprint density at radius 3 is 2.29 bits per heavy atom. The maximum atomic E-state index is 13.1. The van der Waals surface area contributed by atoms with Crippen LogP contribution in [0.4, 0.5) is 13.2 Å². The van der Waals surface area contributed by atoms with Crippen LogP contribution in [0.15, 0.2) is 95.4 Å². The largest absolute Gasteiger partial charge is 0.435 e. The third-order valence-corrected chi connectivity index (χ3v) is 11.9. The van der Waals surface area contributed by atoms with Crippen molar-refractivity contribution in [3.63, 3.8) is 0 Å². The second-order valence-electron chi connectivity index (χ2n) is 13.9. The predicted octanol–water partition coefficient (Wildman–Crippen LogP) is 7.54. The molecule has 3 fully saturated rings. The molecule has 1 heterocycles. The third-order valence-electron chi connectivity index (χ3n) is 11.0. The summed E-state index contributed by atoms with van der Waals surface area (Å²) in [5, 5.41) is 8.70. The van der Waals surface area contributed by atoms with Crippen molar-refractivity contribution in [2.24, 2.45) is 33.7 Å². The number of benzene rings is 2. The summed E-state index contributed by atoms with van der Waals surface area (Å²) in [6, 6.07) is 13.1. The summed E-state index contributed by atoms with van der Waals surface area (Å²) in [6.07, 6.45) is 5.89. The molecule has 11 heteroatoms. The molecule has 2 aromatic carbocycles. The average molecular weight is 678 g/mol. The molecule has 0 spiro atoms. The summed E-state index contributed by atoms with van der Waals surface area (Å²) >= 11 is 0. The molecule has 2 N–H and O–H groups in total. The fraction of sp³-hybridized carbons (Fsp3) is 0.378. The van der Waals surface area contributed by atoms with E-state index in [1.54, 1.807) is 36.4 Å². The van der Waals surface area contributed by atoms with Gasteiger partial charge in [-0.1, -0.05) is 61.9 Å². The number of sulfonamides is 1. The second kappa shape index (κ2) is 11.8. The number of aromatic nitrogens is 2. The second-order valence-corrected chi connectivity index (χ2v) is 15.5. The van der Waals surface area contributed by atoms with Crippen molar-refractivity contribution in [2.45, 2.75) is 63.9 Å². The molecule has 0 saturated heterocycles. The molecule has 3 aromatic rings. The van der Waals surface area contributed by atoms with Gasteiger partial charge in [0.25, 0.3) is 0 Å². The van der Waals surface area contributed by atoms with Crippen molar-refractivity contribution in [1.29, 1.82) is 0 Å². The standard InChI is InChI=1S/C20H24O2.C17H14F3N3O2S/c1-12-10-14-15-4-5-18(22)20(15,3)9-7-16(14)19(2)8-6-13(21)11-17(12)19;1-11-2-4-12(5-3-11)15-10-16(17(18,19)20)22-23(15)13-6-8-14(9-7-13)26(21,24)25/h6,8,11,14-16H,1,4-5,7,9-10H2,2-3H3;2-10H,1H3,(H2,21,24,25)/t14-,15-,16-,19+,20-;/m0./s1. The van der Waals surface area contributed by atoms with Crippen LogP contribution in [-0.4, -0.2) is 29.8 Å². The van der Waals surface area contributed by atoms with Gasteiger partial charge in [-0.15, -0.1) is 0 Å². The van der Waals surface area contributed by atoms with Crippen molar-refractivity contribution in [3.05, 3.63) is 102 Å². The van der Waals surface area contributed by atoms with E-state index >= 15 is 0 Å². The number of hydrogen-bond donors (Lipinski definition) is 1. The van der Waals surface area contributed by atoms with Crippen LogP contribution in [0.2, 0.25) is 0 Å². The van der Waals surface area contributed by atoms with Crippen molar-refractivity contribution in [2.75, 3.05) is 0 Å². The van der Waals surface area contributed by atoms with E-state index < -0.39 is 21.9 Å². The number of Topliss-reactive ketones (excluding diaryl/α,β-unsaturated/α-hetero) is 1. The molecule has 5 atom stereocenters. The fourth-order valence-corrected chi connectivity index (χ4v) is 8.92. The summed E-state index contributed by atoms with van der Waals surface area (Å²) in [4.78, 5) is 24.1. The molecule has 252 valence electrons. The van der Waals surface area contributed by atoms with Crippen molar-refractivity contribution >= 4 is 21.6 Å². The van der Waals surface area contributed by atoms with Crippen molar-refractivity contribution < 1.29 is 31.2 Å². The van der Waals surface area contributed by atoms with Crippen LogP contribution in [0.1, 0.15) is 57.2 Å². The molecule has 0 amide bonds. The normalized spacial score (nSPS) is 28.2. The lowest BCUT2D eigenvalue weighted by atomic mass is 9.48. The van der Waals surface area contributed by atoms with Crippen LogP contribution in [0.3, 0.4) is 0 Å². The summed E-state index contributed by atoms with van der Waals surface area (Å²) in [5.74, 6) is 2.14. The number of carbonyl (C=O) groups is 2. The number of rotatable bonds is 3. The van der Waals surface area contributed by atoms with E-state index in [4.69, 9.17) is 5.14 Å². The molecule has 0 bridgehead atoms. The molecular formula is C37H38F3N3O4S. The first kappa shape index (κ1) is 33.8. The van der Waals surface area contributed by atoms with Crippen molar-refractivity contribution in [3.8, 4) is 16.9 Å². The van der Waals surface area contributed by atoms with Gasteiger partial charge in [0.15, 0.2) is 11.5 Å². The van der Waals surface area contributed by atoms with E-state index in [-0.39, 0.29) is 32.9 Å². The van der Waals surface area contributed by atoms with Crippen LogP contribution >= 0.6 is 0 Å². The quantitative estimate of drug-likeness (QED) is 0.308. The molecule has 3 saturated carbocycles. The summed E-state index contributed by atoms with van der Waals surface area (Å²) in [5.41, 5.74) is 3.09. The summed E-state index contributed by atoms with van der Waals surface area (Å²) < 4.78 is 63.2. The van der Waals surface area contributed by atoms with E-state index in [1.165, 1.54) is 24.3 Å². The van der Waals surface area contributed by atoms with Gasteiger partial charge in [0, 0.05) is 22.8 Å². The Balaban J connectivity index is 0.000000169. The van der Waals surface area contributed by atoms with Crippen LogP contribution in [0.5, 0.6) is 0 Å². The minimum Gasteiger partial charge on any atom is -0.299 e. The zero-order valence-electron chi connectivity index (χ0n) is 27.0. The Labute approximate surface area is 278 Å². The number of aryl methyl sites for hydroxylation is 1. The summed E-state index contributed by atoms with van der Waals surface area (Å²) in [6.45, 7) is 10.6. The Hall–Kier alpha value is -4.09. The highest BCUT2D eigenvalue weighted by Gasteiger charge is 2.59. The number of carbonyl (C=O) groups excluding carboxylic acids is 2. The lowest BCUT2D eigenvalue weighted by molar-refractivity contribution is -0.141. The highest BCUT2D eigenvalue weighted by Crippen LogP contribution is 2.64. The first-order valence-electron chi connectivity index (χ1n) is 16.0. The maximum absolute atomic E-state index is 13.1. The number of nitrogens with two attached hydrogens (primary N) is 1. The SMILES string of the molecule is C=C1C[C@@H]2[C@H](CC[C@]3(C)C(=O)CC[C@@H]23)[C@@]2(C)C=CC(=O)C=C12.Cc1ccc(-c2cc(C(F)(F)F)nn2-c2ccc(S(N)(=O)=O)cc2)cc1. The van der Waals surface area contributed by atoms with Gasteiger partial charge in [0.05, 0.1) is 16.3 Å². The van der Waals surface area contributed by atoms with Crippen molar-refractivity contribution in [1.82, 2.24) is 9.78 Å². The Morgan fingerprint density at radius 2 is 1.67 bits per heavy atom. The highest BCUT2D eigenvalue weighted by molar-refractivity contribution is 7.89. The van der Waals surface area contributed by atoms with E-state index in [9.17, 15) is 31.2 Å². The smallest absolute Gasteiger partial charge is 0.299 e. The van der Waals surface area contributed by atoms with Crippen LogP contribution in [0.25, 0.3) is 16.9 Å². The van der Waals surface area contributed by atoms with Gasteiger partial charge in [-0.25, -0.2) is 18.2 Å². The molecule has 1 aromatic heterocycles. The fourth-order valence-electron chi connectivity index (χ4n) is 8.40. The molecule has 0 radical (unpaired) electrons. The topological polar surface area (TPSA) is 112 Å². The number of fused-ring (bicyclic) bond motifs is 5. The number of nitrogens with zero attached hydrogens (tertiary/aromatic N) is 2. The first-order valence-corrected chi connectivity index (χ1v) is 17.5. The van der Waals surface area contributed by atoms with Gasteiger partial charge in [0.2, 0.25) is 10.0 Å². The lowest BCUT2D eigenvalue weighted by Crippen LogP contribution is -2.50. The first-order chi connectivity index (χ1) is 22.4. The van der Waals surface area contributed by atoms with E-state index in [0.29, 0.717) is 29.1 Å². The van der Waals surface area contributed by atoms with E-state index in [2.05, 4.69) is 31.6 Å². The minimum absolute atomic E-state index is 0.0686. The zero-order chi connectivity index (χ0) is 34.8. The molecule has 7 nitrogen and oxygen atoms in total. The minimum atomic E-state index is -4.61. The van der Waals surface area contributed by atoms with E-state index in [1.807, 2.05) is 6.92 Å². The number of ketones is 2. The third kappa shape index (κ3) is 5.91. The number of allylic oxidation sites excluding steroid dienone is 5. The lowest BCUT2D eigenvalue weighted by Gasteiger charge is -2.56. The Bertz CT molecular complexity index is 1980. The van der Waals surface area contributed by atoms with Gasteiger partial charge < -0.3 is 0 Å². The monoisotopic (exact) mass is 677 g/mol. The maximum Gasteiger partial charge on any atom is 0.435 e. The van der Waals surface area contributed by atoms with Gasteiger partial charge in [-0.2, -0.15) is 18.3 Å².